The Hall–Kier alpha value is -4.35. The van der Waals surface area contributed by atoms with Gasteiger partial charge in [-0.2, -0.15) is 5.21 Å². The highest BCUT2D eigenvalue weighted by Crippen LogP contribution is 2.30. The molecule has 3 heterocycles. The first kappa shape index (κ1) is 28.2. The Kier molecular flexibility index (Phi) is 9.17. The summed E-state index contributed by atoms with van der Waals surface area (Å²) in [4.78, 5) is 24.8. The number of tetrazole rings is 1. The Morgan fingerprint density at radius 3 is 2.63 bits per heavy atom. The number of hydrogen-bond acceptors (Lipinski definition) is 8. The second kappa shape index (κ2) is 13.3. The van der Waals surface area contributed by atoms with Crippen LogP contribution in [0.5, 0.6) is 0 Å². The van der Waals surface area contributed by atoms with Gasteiger partial charge in [0.25, 0.3) is 0 Å². The zero-order valence-corrected chi connectivity index (χ0v) is 23.7. The van der Waals surface area contributed by atoms with Crippen LogP contribution in [0.3, 0.4) is 0 Å². The molecule has 1 atom stereocenters. The molecule has 0 fully saturated rings. The number of aromatic nitrogens is 8. The lowest BCUT2D eigenvalue weighted by atomic mass is 9.98. The monoisotopic (exact) mass is 573 g/mol. The summed E-state index contributed by atoms with van der Waals surface area (Å²) in [6.07, 6.45) is 6.55. The maximum Gasteiger partial charge on any atom is 0.323 e. The Labute approximate surface area is 242 Å². The predicted octanol–water partition coefficient (Wildman–Crippen LogP) is 4.37. The van der Waals surface area contributed by atoms with E-state index in [0.29, 0.717) is 35.5 Å². The van der Waals surface area contributed by atoms with Crippen molar-refractivity contribution in [2.75, 3.05) is 7.05 Å². The number of aryl methyl sites for hydroxylation is 1. The van der Waals surface area contributed by atoms with Gasteiger partial charge in [-0.1, -0.05) is 73.5 Å². The van der Waals surface area contributed by atoms with Crippen LogP contribution in [0, 0.1) is 0 Å². The Morgan fingerprint density at radius 1 is 1.15 bits per heavy atom. The molecule has 0 spiro atoms. The third-order valence-corrected chi connectivity index (χ3v) is 7.21. The highest BCUT2D eigenvalue weighted by molar-refractivity contribution is 6.30. The van der Waals surface area contributed by atoms with Gasteiger partial charge in [0, 0.05) is 37.3 Å². The third-order valence-electron chi connectivity index (χ3n) is 6.91. The van der Waals surface area contributed by atoms with Crippen LogP contribution in [0.1, 0.15) is 42.7 Å². The van der Waals surface area contributed by atoms with E-state index in [1.807, 2.05) is 24.3 Å². The molecule has 2 aromatic carbocycles. The number of nitrogens with one attached hydrogen (secondary N) is 3. The predicted molar refractivity (Wildman–Crippen MR) is 155 cm³/mol. The lowest BCUT2D eigenvalue weighted by Gasteiger charge is -2.16. The van der Waals surface area contributed by atoms with E-state index < -0.39 is 6.04 Å². The van der Waals surface area contributed by atoms with Crippen LogP contribution >= 0.6 is 11.6 Å². The van der Waals surface area contributed by atoms with E-state index >= 15 is 0 Å². The number of aromatic amines is 2. The largest absolute Gasteiger partial charge is 0.458 e. The van der Waals surface area contributed by atoms with Crippen LogP contribution in [0.25, 0.3) is 22.5 Å². The number of likely N-dealkylation sites (N-methyl/N-ethyl adjacent to an activating group) is 1. The van der Waals surface area contributed by atoms with Gasteiger partial charge in [-0.15, -0.1) is 10.2 Å². The first-order valence-corrected chi connectivity index (χ1v) is 13.9. The van der Waals surface area contributed by atoms with Crippen LogP contribution in [-0.4, -0.2) is 59.2 Å². The minimum absolute atomic E-state index is 0.0171. The number of nitrogens with zero attached hydrogens (tertiary/aromatic N) is 6. The van der Waals surface area contributed by atoms with Crippen molar-refractivity contribution >= 4 is 17.6 Å². The van der Waals surface area contributed by atoms with Crippen molar-refractivity contribution in [3.8, 4) is 22.5 Å². The molecular weight excluding hydrogens is 542 g/mol. The number of esters is 1. The second-order valence-corrected chi connectivity index (χ2v) is 9.98. The van der Waals surface area contributed by atoms with Crippen LogP contribution in [0.2, 0.25) is 5.15 Å². The SMILES string of the molecule is CCCCc1nc(Cl)c(COC(=O)[C@H](Cc2ncc[nH]2)NC)n1Cc1ccc(-c2ccccc2-c2nn[nH]n2)cc1. The molecule has 11 nitrogen and oxygen atoms in total. The van der Waals surface area contributed by atoms with Gasteiger partial charge in [-0.3, -0.25) is 4.79 Å². The first-order valence-electron chi connectivity index (χ1n) is 13.6. The minimum atomic E-state index is -0.543. The molecule has 5 aromatic rings. The summed E-state index contributed by atoms with van der Waals surface area (Å²) in [5, 5.41) is 17.9. The average molecular weight is 574 g/mol. The topological polar surface area (TPSA) is 139 Å². The molecule has 0 saturated carbocycles. The maximum atomic E-state index is 12.9. The number of halogens is 1. The van der Waals surface area contributed by atoms with Gasteiger partial charge in [0.15, 0.2) is 5.15 Å². The van der Waals surface area contributed by atoms with Crippen molar-refractivity contribution in [1.29, 1.82) is 0 Å². The van der Waals surface area contributed by atoms with Gasteiger partial charge < -0.3 is 19.6 Å². The minimum Gasteiger partial charge on any atom is -0.458 e. The second-order valence-electron chi connectivity index (χ2n) is 9.62. The van der Waals surface area contributed by atoms with Crippen LogP contribution in [0.15, 0.2) is 60.9 Å². The summed E-state index contributed by atoms with van der Waals surface area (Å²) in [7, 11) is 1.72. The molecule has 0 saturated heterocycles. The number of ether oxygens (including phenoxy) is 1. The maximum absolute atomic E-state index is 12.9. The quantitative estimate of drug-likeness (QED) is 0.176. The number of rotatable bonds is 13. The van der Waals surface area contributed by atoms with E-state index in [-0.39, 0.29) is 12.6 Å². The van der Waals surface area contributed by atoms with Crippen molar-refractivity contribution in [3.05, 3.63) is 89.0 Å². The first-order chi connectivity index (χ1) is 20.1. The fraction of sp³-hybridized carbons (Fsp3) is 0.310. The van der Waals surface area contributed by atoms with Gasteiger partial charge >= 0.3 is 5.97 Å². The van der Waals surface area contributed by atoms with E-state index in [0.717, 1.165) is 47.3 Å². The lowest BCUT2D eigenvalue weighted by Crippen LogP contribution is -2.37. The third kappa shape index (κ3) is 6.69. The molecule has 0 aliphatic heterocycles. The Balaban J connectivity index is 1.35. The molecule has 3 aromatic heterocycles. The summed E-state index contributed by atoms with van der Waals surface area (Å²) < 4.78 is 7.79. The highest BCUT2D eigenvalue weighted by Gasteiger charge is 2.23. The van der Waals surface area contributed by atoms with E-state index in [4.69, 9.17) is 16.3 Å². The van der Waals surface area contributed by atoms with Crippen molar-refractivity contribution in [1.82, 2.24) is 45.5 Å². The molecular formula is C29H32ClN9O2. The van der Waals surface area contributed by atoms with Crippen molar-refractivity contribution in [2.45, 2.75) is 51.8 Å². The van der Waals surface area contributed by atoms with Crippen molar-refractivity contribution in [3.63, 3.8) is 0 Å². The van der Waals surface area contributed by atoms with E-state index in [1.165, 1.54) is 0 Å². The summed E-state index contributed by atoms with van der Waals surface area (Å²) >= 11 is 6.61. The van der Waals surface area contributed by atoms with E-state index in [2.05, 4.69) is 76.6 Å². The van der Waals surface area contributed by atoms with Gasteiger partial charge in [0.05, 0.1) is 5.69 Å². The van der Waals surface area contributed by atoms with Crippen LogP contribution < -0.4 is 5.32 Å². The van der Waals surface area contributed by atoms with E-state index in [9.17, 15) is 4.79 Å². The molecule has 0 radical (unpaired) electrons. The van der Waals surface area contributed by atoms with Gasteiger partial charge in [-0.05, 0) is 35.4 Å². The van der Waals surface area contributed by atoms with Crippen molar-refractivity contribution < 1.29 is 9.53 Å². The summed E-state index contributed by atoms with van der Waals surface area (Å²) in [6, 6.07) is 15.7. The zero-order valence-electron chi connectivity index (χ0n) is 23.0. The molecule has 0 bridgehead atoms. The van der Waals surface area contributed by atoms with Gasteiger partial charge in [0.2, 0.25) is 5.82 Å². The lowest BCUT2D eigenvalue weighted by molar-refractivity contribution is -0.147. The fourth-order valence-corrected chi connectivity index (χ4v) is 4.93. The molecule has 212 valence electrons. The Bertz CT molecular complexity index is 1550. The molecule has 5 rings (SSSR count). The number of hydrogen-bond donors (Lipinski definition) is 3. The molecule has 0 aliphatic rings. The number of carbonyl (C=O) groups excluding carboxylic acids is 1. The highest BCUT2D eigenvalue weighted by atomic mass is 35.5. The molecule has 41 heavy (non-hydrogen) atoms. The van der Waals surface area contributed by atoms with E-state index in [1.54, 1.807) is 19.4 Å². The normalized spacial score (nSPS) is 12.0. The van der Waals surface area contributed by atoms with Gasteiger partial charge in [-0.25, -0.2) is 9.97 Å². The fourth-order valence-electron chi connectivity index (χ4n) is 4.68. The number of carbonyl (C=O) groups is 1. The molecule has 0 unspecified atom stereocenters. The van der Waals surface area contributed by atoms with Crippen LogP contribution in [0.4, 0.5) is 0 Å². The number of benzene rings is 2. The van der Waals surface area contributed by atoms with Gasteiger partial charge in [0.1, 0.15) is 24.3 Å². The van der Waals surface area contributed by atoms with Crippen molar-refractivity contribution in [2.24, 2.45) is 0 Å². The smallest absolute Gasteiger partial charge is 0.323 e. The summed E-state index contributed by atoms with van der Waals surface area (Å²) in [5.41, 5.74) is 4.68. The summed E-state index contributed by atoms with van der Waals surface area (Å²) in [6.45, 7) is 2.70. The van der Waals surface area contributed by atoms with Crippen LogP contribution in [-0.2, 0) is 35.5 Å². The number of unbranched alkanes of at least 4 members (excludes halogenated alkanes) is 1. The Morgan fingerprint density at radius 2 is 1.95 bits per heavy atom. The zero-order chi connectivity index (χ0) is 28.6. The standard InChI is InChI=1S/C29H32ClN9O2/c1-3-4-9-26-34-27(30)24(18-41-29(40)23(31-2)16-25-32-14-15-33-25)39(26)17-19-10-12-20(13-11-19)21-7-5-6-8-22(21)28-35-37-38-36-28/h5-8,10-15,23,31H,3-4,9,16-18H2,1-2H3,(H,32,33)(H,35,36,37,38)/t23-/m0/s1. The summed E-state index contributed by atoms with van der Waals surface area (Å²) in [5.74, 6) is 1.74. The number of imidazole rings is 2. The average Bonchev–Trinajstić information content (AvgIpc) is 3.77. The molecule has 3 N–H and O–H groups in total. The molecule has 0 aliphatic carbocycles. The molecule has 0 amide bonds. The number of H-pyrrole nitrogens is 2. The molecule has 12 heteroatoms.